The van der Waals surface area contributed by atoms with Crippen LogP contribution in [0.5, 0.6) is 17.2 Å². The molecule has 1 saturated heterocycles. The van der Waals surface area contributed by atoms with Gasteiger partial charge in [-0.15, -0.1) is 0 Å². The molecule has 0 radical (unpaired) electrons. The smallest absolute Gasteiger partial charge is 0.493 e. The predicted molar refractivity (Wildman–Crippen MR) is 95.2 cm³/mol. The number of hydrogen-bond acceptors (Lipinski definition) is 4. The molecule has 0 aromatic heterocycles. The molecular weight excluding hydrogens is 322 g/mol. The summed E-state index contributed by atoms with van der Waals surface area (Å²) in [5.74, 6) is 0.843. The average Bonchev–Trinajstić information content (AvgIpc) is 2.76. The van der Waals surface area contributed by atoms with Crippen LogP contribution >= 0.6 is 0 Å². The van der Waals surface area contributed by atoms with Crippen molar-refractivity contribution in [3.63, 3.8) is 0 Å². The quantitative estimate of drug-likeness (QED) is 0.788. The lowest BCUT2D eigenvalue weighted by Crippen LogP contribution is -2.41. The summed E-state index contributed by atoms with van der Waals surface area (Å²) in [5.41, 5.74) is -0.802. The Morgan fingerprint density at radius 1 is 0.920 bits per heavy atom. The van der Waals surface area contributed by atoms with Crippen LogP contribution in [0.1, 0.15) is 27.7 Å². The number of hydrogen-bond donors (Lipinski definition) is 0. The molecule has 0 aliphatic carbocycles. The number of methoxy groups -OCH3 is 1. The zero-order valence-corrected chi connectivity index (χ0v) is 15.1. The van der Waals surface area contributed by atoms with E-state index >= 15 is 0 Å². The van der Waals surface area contributed by atoms with Crippen LogP contribution in [-0.4, -0.2) is 25.4 Å². The first-order valence-corrected chi connectivity index (χ1v) is 8.19. The molecule has 0 saturated carbocycles. The first kappa shape index (κ1) is 17.8. The van der Waals surface area contributed by atoms with Gasteiger partial charge in [-0.1, -0.05) is 18.2 Å². The largest absolute Gasteiger partial charge is 0.497 e. The molecule has 1 aliphatic rings. The van der Waals surface area contributed by atoms with E-state index in [1.165, 1.54) is 13.2 Å². The molecular formula is C19H22BFO4. The second-order valence-corrected chi connectivity index (χ2v) is 7.03. The normalized spacial score (nSPS) is 18.2. The van der Waals surface area contributed by atoms with Crippen molar-refractivity contribution in [1.82, 2.24) is 0 Å². The molecule has 0 bridgehead atoms. The fraction of sp³-hybridized carbons (Fsp3) is 0.368. The second-order valence-electron chi connectivity index (χ2n) is 7.03. The van der Waals surface area contributed by atoms with Gasteiger partial charge in [0.2, 0.25) is 0 Å². The number of benzene rings is 2. The first-order chi connectivity index (χ1) is 11.7. The lowest BCUT2D eigenvalue weighted by Gasteiger charge is -2.32. The van der Waals surface area contributed by atoms with Crippen LogP contribution in [-0.2, 0) is 9.31 Å². The van der Waals surface area contributed by atoms with E-state index in [0.717, 1.165) is 0 Å². The highest BCUT2D eigenvalue weighted by Crippen LogP contribution is 2.38. The molecule has 2 aromatic carbocycles. The van der Waals surface area contributed by atoms with Crippen LogP contribution in [0.4, 0.5) is 4.39 Å². The molecule has 6 heteroatoms. The van der Waals surface area contributed by atoms with E-state index < -0.39 is 24.1 Å². The molecule has 1 heterocycles. The summed E-state index contributed by atoms with van der Waals surface area (Å²) in [4.78, 5) is 0. The predicted octanol–water partition coefficient (Wildman–Crippen LogP) is 3.93. The Bertz CT molecular complexity index is 746. The minimum Gasteiger partial charge on any atom is -0.493 e. The van der Waals surface area contributed by atoms with Gasteiger partial charge in [-0.25, -0.2) is 4.39 Å². The van der Waals surface area contributed by atoms with E-state index in [1.54, 1.807) is 18.2 Å². The second kappa shape index (κ2) is 6.35. The van der Waals surface area contributed by atoms with E-state index in [4.69, 9.17) is 18.8 Å². The van der Waals surface area contributed by atoms with Crippen molar-refractivity contribution >= 4 is 12.6 Å². The summed E-state index contributed by atoms with van der Waals surface area (Å²) in [5, 5.41) is 0. The van der Waals surface area contributed by atoms with Crippen molar-refractivity contribution in [1.29, 1.82) is 0 Å². The topological polar surface area (TPSA) is 36.9 Å². The minimum atomic E-state index is -0.801. The maximum absolute atomic E-state index is 14.7. The van der Waals surface area contributed by atoms with E-state index in [-0.39, 0.29) is 5.46 Å². The average molecular weight is 344 g/mol. The summed E-state index contributed by atoms with van der Waals surface area (Å²) in [6.07, 6.45) is 0. The molecule has 132 valence electrons. The van der Waals surface area contributed by atoms with Crippen molar-refractivity contribution in [2.75, 3.05) is 7.11 Å². The molecule has 0 spiro atoms. The Morgan fingerprint density at radius 2 is 1.52 bits per heavy atom. The number of rotatable bonds is 4. The van der Waals surface area contributed by atoms with Gasteiger partial charge in [-0.05, 0) is 45.9 Å². The van der Waals surface area contributed by atoms with Crippen molar-refractivity contribution < 1.29 is 23.2 Å². The van der Waals surface area contributed by atoms with E-state index in [2.05, 4.69) is 0 Å². The van der Waals surface area contributed by atoms with Gasteiger partial charge in [0.15, 0.2) is 11.5 Å². The lowest BCUT2D eigenvalue weighted by molar-refractivity contribution is 0.00578. The first-order valence-electron chi connectivity index (χ1n) is 8.19. The van der Waals surface area contributed by atoms with E-state index in [9.17, 15) is 4.39 Å². The highest BCUT2D eigenvalue weighted by atomic mass is 19.1. The molecule has 1 aliphatic heterocycles. The van der Waals surface area contributed by atoms with Crippen molar-refractivity contribution in [2.24, 2.45) is 0 Å². The van der Waals surface area contributed by atoms with Gasteiger partial charge >= 0.3 is 7.12 Å². The number of halogens is 1. The number of ether oxygens (including phenoxy) is 2. The minimum absolute atomic E-state index is 0.288. The fourth-order valence-corrected chi connectivity index (χ4v) is 2.56. The molecule has 25 heavy (non-hydrogen) atoms. The summed E-state index contributed by atoms with van der Waals surface area (Å²) < 4.78 is 37.7. The molecule has 0 unspecified atom stereocenters. The maximum atomic E-state index is 14.7. The highest BCUT2D eigenvalue weighted by molar-refractivity contribution is 6.62. The van der Waals surface area contributed by atoms with Gasteiger partial charge < -0.3 is 18.8 Å². The van der Waals surface area contributed by atoms with Crippen molar-refractivity contribution in [3.05, 3.63) is 48.3 Å². The van der Waals surface area contributed by atoms with Gasteiger partial charge in [0.1, 0.15) is 11.6 Å². The van der Waals surface area contributed by atoms with Crippen LogP contribution < -0.4 is 14.9 Å². The Kier molecular flexibility index (Phi) is 4.52. The van der Waals surface area contributed by atoms with Gasteiger partial charge in [-0.2, -0.15) is 0 Å². The molecule has 2 aromatic rings. The van der Waals surface area contributed by atoms with Crippen LogP contribution in [0.2, 0.25) is 0 Å². The Labute approximate surface area is 148 Å². The van der Waals surface area contributed by atoms with Gasteiger partial charge in [-0.3, -0.25) is 0 Å². The molecule has 4 nitrogen and oxygen atoms in total. The van der Waals surface area contributed by atoms with Crippen LogP contribution in [0.15, 0.2) is 42.5 Å². The standard InChI is InChI=1S/C19H22BFO4/c1-18(2)19(3,4)25-20(24-18)14-11-16(22-5)17(12-15(14)21)23-13-9-7-6-8-10-13/h6-12H,1-5H3. The fourth-order valence-electron chi connectivity index (χ4n) is 2.56. The number of para-hydroxylation sites is 1. The third kappa shape index (κ3) is 3.37. The monoisotopic (exact) mass is 344 g/mol. The summed E-state index contributed by atoms with van der Waals surface area (Å²) in [6, 6.07) is 12.0. The Morgan fingerprint density at radius 3 is 2.08 bits per heavy atom. The summed E-state index contributed by atoms with van der Waals surface area (Å²) in [6.45, 7) is 7.70. The third-order valence-electron chi connectivity index (χ3n) is 4.76. The Hall–Kier alpha value is -2.05. The highest BCUT2D eigenvalue weighted by Gasteiger charge is 2.52. The van der Waals surface area contributed by atoms with Crippen molar-refractivity contribution in [2.45, 2.75) is 38.9 Å². The molecule has 0 N–H and O–H groups in total. The zero-order valence-electron chi connectivity index (χ0n) is 15.1. The van der Waals surface area contributed by atoms with Gasteiger partial charge in [0, 0.05) is 11.5 Å². The van der Waals surface area contributed by atoms with E-state index in [1.807, 2.05) is 45.9 Å². The van der Waals surface area contributed by atoms with Crippen molar-refractivity contribution in [3.8, 4) is 17.2 Å². The van der Waals surface area contributed by atoms with Crippen LogP contribution in [0, 0.1) is 5.82 Å². The lowest BCUT2D eigenvalue weighted by atomic mass is 9.78. The molecule has 0 amide bonds. The van der Waals surface area contributed by atoms with Crippen LogP contribution in [0.3, 0.4) is 0 Å². The third-order valence-corrected chi connectivity index (χ3v) is 4.76. The Balaban J connectivity index is 1.93. The summed E-state index contributed by atoms with van der Waals surface area (Å²) in [7, 11) is 0.712. The van der Waals surface area contributed by atoms with Crippen LogP contribution in [0.25, 0.3) is 0 Å². The van der Waals surface area contributed by atoms with Gasteiger partial charge in [0.05, 0.1) is 18.3 Å². The molecule has 0 atom stereocenters. The zero-order chi connectivity index (χ0) is 18.2. The SMILES string of the molecule is COc1cc(B2OC(C)(C)C(C)(C)O2)c(F)cc1Oc1ccccc1. The molecule has 1 fully saturated rings. The maximum Gasteiger partial charge on any atom is 0.497 e. The van der Waals surface area contributed by atoms with E-state index in [0.29, 0.717) is 17.2 Å². The molecule has 3 rings (SSSR count). The van der Waals surface area contributed by atoms with Gasteiger partial charge in [0.25, 0.3) is 0 Å². The summed E-state index contributed by atoms with van der Waals surface area (Å²) >= 11 is 0.